The summed E-state index contributed by atoms with van der Waals surface area (Å²) in [7, 11) is -2.24. The highest BCUT2D eigenvalue weighted by molar-refractivity contribution is 7.88. The maximum absolute atomic E-state index is 14.3. The minimum absolute atomic E-state index is 0.196. The zero-order valence-corrected chi connectivity index (χ0v) is 25.5. The van der Waals surface area contributed by atoms with Crippen LogP contribution in [-0.2, 0) is 26.1 Å². The first kappa shape index (κ1) is 30.7. The minimum atomic E-state index is -3.55. The molecule has 43 heavy (non-hydrogen) atoms. The molecule has 0 bridgehead atoms. The molecule has 3 aromatic rings. The van der Waals surface area contributed by atoms with Crippen LogP contribution in [0.5, 0.6) is 0 Å². The lowest BCUT2D eigenvalue weighted by Crippen LogP contribution is -2.59. The van der Waals surface area contributed by atoms with E-state index < -0.39 is 40.0 Å². The topological polar surface area (TPSA) is 122 Å². The van der Waals surface area contributed by atoms with E-state index in [1.165, 1.54) is 7.11 Å². The molecular weight excluding hydrogens is 590 g/mol. The first-order valence-electron chi connectivity index (χ1n) is 14.2. The first-order chi connectivity index (χ1) is 20.6. The van der Waals surface area contributed by atoms with Gasteiger partial charge in [0.1, 0.15) is 0 Å². The van der Waals surface area contributed by atoms with Crippen molar-refractivity contribution in [2.75, 3.05) is 13.4 Å². The maximum Gasteiger partial charge on any atom is 0.337 e. The number of hydrogen-bond acceptors (Lipinski definition) is 6. The Labute approximate surface area is 256 Å². The Morgan fingerprint density at radius 2 is 1.65 bits per heavy atom. The van der Waals surface area contributed by atoms with Crippen molar-refractivity contribution in [1.82, 2.24) is 14.9 Å². The van der Waals surface area contributed by atoms with Crippen LogP contribution in [0.3, 0.4) is 0 Å². The maximum atomic E-state index is 14.3. The van der Waals surface area contributed by atoms with E-state index in [0.29, 0.717) is 34.6 Å². The lowest BCUT2D eigenvalue weighted by molar-refractivity contribution is -0.124. The van der Waals surface area contributed by atoms with Crippen molar-refractivity contribution >= 4 is 39.4 Å². The Balaban J connectivity index is 1.56. The normalized spacial score (nSPS) is 22.0. The summed E-state index contributed by atoms with van der Waals surface area (Å²) >= 11 is 6.23. The molecule has 2 aliphatic rings. The van der Waals surface area contributed by atoms with Gasteiger partial charge >= 0.3 is 5.97 Å². The Morgan fingerprint density at radius 3 is 2.33 bits per heavy atom. The summed E-state index contributed by atoms with van der Waals surface area (Å²) in [6.07, 6.45) is 3.94. The number of methoxy groups -OCH3 is 1. The molecule has 5 rings (SSSR count). The van der Waals surface area contributed by atoms with Gasteiger partial charge in [-0.15, -0.1) is 0 Å². The fourth-order valence-electron chi connectivity index (χ4n) is 6.25. The molecule has 1 heterocycles. The third kappa shape index (κ3) is 6.76. The number of benzene rings is 3. The van der Waals surface area contributed by atoms with Gasteiger partial charge in [0, 0.05) is 29.2 Å². The van der Waals surface area contributed by atoms with Crippen molar-refractivity contribution in [3.05, 3.63) is 106 Å². The number of nitrogens with one attached hydrogen (secondary N) is 2. The third-order valence-corrected chi connectivity index (χ3v) is 9.15. The second kappa shape index (κ2) is 12.9. The Morgan fingerprint density at radius 1 is 0.977 bits per heavy atom. The van der Waals surface area contributed by atoms with Gasteiger partial charge in [-0.25, -0.2) is 17.9 Å². The minimum Gasteiger partial charge on any atom is -0.465 e. The summed E-state index contributed by atoms with van der Waals surface area (Å²) in [5, 5.41) is 3.56. The molecule has 0 saturated heterocycles. The van der Waals surface area contributed by atoms with Crippen LogP contribution >= 0.6 is 11.6 Å². The van der Waals surface area contributed by atoms with Crippen LogP contribution in [0, 0.1) is 0 Å². The number of carbonyl (C=O) groups is 3. The molecule has 1 aliphatic carbocycles. The SMILES string of the molecule is COC(=O)c1ccc(CNC(=O)[C@@H]2c3ccccc3C(=O)N(C3CCCC[C@@H]3NS(C)(=O)=O)[C@H]2c2ccc(Cl)cc2)cc1. The molecule has 1 aliphatic heterocycles. The molecule has 2 N–H and O–H groups in total. The summed E-state index contributed by atoms with van der Waals surface area (Å²) in [6, 6.07) is 19.3. The summed E-state index contributed by atoms with van der Waals surface area (Å²) in [4.78, 5) is 42.0. The van der Waals surface area contributed by atoms with Gasteiger partial charge in [0.2, 0.25) is 15.9 Å². The average Bonchev–Trinajstić information content (AvgIpc) is 3.00. The largest absolute Gasteiger partial charge is 0.465 e. The predicted octanol–water partition coefficient (Wildman–Crippen LogP) is 4.58. The second-order valence-electron chi connectivity index (χ2n) is 11.0. The Hall–Kier alpha value is -3.73. The average molecular weight is 624 g/mol. The summed E-state index contributed by atoms with van der Waals surface area (Å²) < 4.78 is 32.2. The summed E-state index contributed by atoms with van der Waals surface area (Å²) in [5.41, 5.74) is 2.93. The number of hydrogen-bond donors (Lipinski definition) is 2. The van der Waals surface area contributed by atoms with E-state index >= 15 is 0 Å². The number of carbonyl (C=O) groups excluding carboxylic acids is 3. The van der Waals surface area contributed by atoms with Crippen molar-refractivity contribution in [2.24, 2.45) is 0 Å². The monoisotopic (exact) mass is 623 g/mol. The van der Waals surface area contributed by atoms with Gasteiger partial charge in [0.25, 0.3) is 5.91 Å². The van der Waals surface area contributed by atoms with E-state index in [9.17, 15) is 22.8 Å². The van der Waals surface area contributed by atoms with E-state index in [1.54, 1.807) is 65.6 Å². The smallest absolute Gasteiger partial charge is 0.337 e. The van der Waals surface area contributed by atoms with Crippen LogP contribution in [0.25, 0.3) is 0 Å². The van der Waals surface area contributed by atoms with Crippen LogP contribution in [0.4, 0.5) is 0 Å². The number of rotatable bonds is 8. The molecule has 9 nitrogen and oxygen atoms in total. The number of halogens is 1. The van der Waals surface area contributed by atoms with Gasteiger partial charge in [-0.05, 0) is 59.9 Å². The van der Waals surface area contributed by atoms with Gasteiger partial charge < -0.3 is 15.0 Å². The zero-order chi connectivity index (χ0) is 30.7. The molecule has 226 valence electrons. The molecule has 0 radical (unpaired) electrons. The number of esters is 1. The Kier molecular flexibility index (Phi) is 9.19. The van der Waals surface area contributed by atoms with Crippen molar-refractivity contribution in [3.8, 4) is 0 Å². The zero-order valence-electron chi connectivity index (χ0n) is 24.0. The molecule has 4 atom stereocenters. The van der Waals surface area contributed by atoms with Gasteiger partial charge in [-0.2, -0.15) is 0 Å². The fraction of sp³-hybridized carbons (Fsp3) is 0.344. The standard InChI is InChI=1S/C32H34ClN3O6S/c1-42-32(39)22-13-11-20(12-14-22)19-34-30(37)28-24-7-3-4-8-25(24)31(38)36(29(28)21-15-17-23(33)18-16-21)27-10-6-5-9-26(27)35-43(2,40)41/h3-4,7-8,11-18,26-29,35H,5-6,9-10,19H2,1-2H3,(H,34,37)/t26-,27?,28+,29-/m0/s1. The number of ether oxygens (including phenoxy) is 1. The van der Waals surface area contributed by atoms with Crippen LogP contribution < -0.4 is 10.0 Å². The number of fused-ring (bicyclic) bond motifs is 1. The molecular formula is C32H34ClN3O6S. The van der Waals surface area contributed by atoms with Crippen LogP contribution in [0.1, 0.15) is 75.0 Å². The van der Waals surface area contributed by atoms with E-state index in [-0.39, 0.29) is 18.4 Å². The van der Waals surface area contributed by atoms with E-state index in [0.717, 1.165) is 30.2 Å². The predicted molar refractivity (Wildman–Crippen MR) is 163 cm³/mol. The summed E-state index contributed by atoms with van der Waals surface area (Å²) in [6.45, 7) is 0.196. The third-order valence-electron chi connectivity index (χ3n) is 8.16. The molecule has 3 aromatic carbocycles. The number of sulfonamides is 1. The highest BCUT2D eigenvalue weighted by Crippen LogP contribution is 2.46. The summed E-state index contributed by atoms with van der Waals surface area (Å²) in [5.74, 6) is -1.77. The number of amides is 2. The van der Waals surface area contributed by atoms with Crippen molar-refractivity contribution < 1.29 is 27.5 Å². The van der Waals surface area contributed by atoms with Gasteiger partial charge in [-0.1, -0.05) is 66.9 Å². The van der Waals surface area contributed by atoms with Crippen molar-refractivity contribution in [1.29, 1.82) is 0 Å². The number of nitrogens with zero attached hydrogens (tertiary/aromatic N) is 1. The highest BCUT2D eigenvalue weighted by Gasteiger charge is 2.48. The van der Waals surface area contributed by atoms with Crippen molar-refractivity contribution in [2.45, 2.75) is 56.3 Å². The van der Waals surface area contributed by atoms with Crippen LogP contribution in [0.15, 0.2) is 72.8 Å². The quantitative estimate of drug-likeness (QED) is 0.354. The van der Waals surface area contributed by atoms with Crippen molar-refractivity contribution in [3.63, 3.8) is 0 Å². The van der Waals surface area contributed by atoms with E-state index in [1.807, 2.05) is 12.1 Å². The molecule has 11 heteroatoms. The second-order valence-corrected chi connectivity index (χ2v) is 13.2. The van der Waals surface area contributed by atoms with Crippen LogP contribution in [0.2, 0.25) is 5.02 Å². The molecule has 2 amide bonds. The lowest BCUT2D eigenvalue weighted by atomic mass is 9.76. The lowest BCUT2D eigenvalue weighted by Gasteiger charge is -2.49. The van der Waals surface area contributed by atoms with Gasteiger partial charge in [-0.3, -0.25) is 9.59 Å². The molecule has 1 unspecified atom stereocenters. The van der Waals surface area contributed by atoms with Gasteiger partial charge in [0.05, 0.1) is 30.9 Å². The van der Waals surface area contributed by atoms with Crippen LogP contribution in [-0.4, -0.2) is 56.6 Å². The molecule has 0 aromatic heterocycles. The Bertz CT molecular complexity index is 1610. The molecule has 1 saturated carbocycles. The fourth-order valence-corrected chi connectivity index (χ4v) is 7.20. The molecule has 1 fully saturated rings. The van der Waals surface area contributed by atoms with E-state index in [4.69, 9.17) is 16.3 Å². The highest BCUT2D eigenvalue weighted by atomic mass is 35.5. The molecule has 0 spiro atoms. The van der Waals surface area contributed by atoms with Gasteiger partial charge in [0.15, 0.2) is 0 Å². The van der Waals surface area contributed by atoms with E-state index in [2.05, 4.69) is 10.0 Å². The first-order valence-corrected chi connectivity index (χ1v) is 16.4.